The first-order chi connectivity index (χ1) is 16.7. The summed E-state index contributed by atoms with van der Waals surface area (Å²) in [5.41, 5.74) is 2.43. The summed E-state index contributed by atoms with van der Waals surface area (Å²) >= 11 is 0. The summed E-state index contributed by atoms with van der Waals surface area (Å²) in [4.78, 5) is 29.3. The average molecular weight is 461 g/mol. The summed E-state index contributed by atoms with van der Waals surface area (Å²) in [6.45, 7) is 4.22. The Labute approximate surface area is 200 Å². The molecule has 0 spiro atoms. The van der Waals surface area contributed by atoms with E-state index in [2.05, 4.69) is 56.8 Å². The third-order valence-electron chi connectivity index (χ3n) is 6.18. The average Bonchev–Trinajstić information content (AvgIpc) is 3.43. The summed E-state index contributed by atoms with van der Waals surface area (Å²) < 4.78 is 5.67. The van der Waals surface area contributed by atoms with Crippen LogP contribution in [-0.2, 0) is 16.0 Å². The number of anilines is 1. The Kier molecular flexibility index (Phi) is 8.35. The van der Waals surface area contributed by atoms with E-state index in [1.165, 1.54) is 11.3 Å². The second-order valence-electron chi connectivity index (χ2n) is 8.44. The van der Waals surface area contributed by atoms with Crippen molar-refractivity contribution in [2.24, 2.45) is 0 Å². The third-order valence-corrected chi connectivity index (χ3v) is 6.18. The molecule has 2 heterocycles. The molecule has 2 aromatic carbocycles. The van der Waals surface area contributed by atoms with Crippen LogP contribution in [0, 0.1) is 0 Å². The topological polar surface area (TPSA) is 77.8 Å². The van der Waals surface area contributed by atoms with E-state index in [1.807, 2.05) is 36.4 Å². The molecular weight excluding hydrogens is 428 g/mol. The Morgan fingerprint density at radius 3 is 2.18 bits per heavy atom. The van der Waals surface area contributed by atoms with E-state index in [4.69, 9.17) is 4.42 Å². The van der Waals surface area contributed by atoms with Gasteiger partial charge in [0.25, 0.3) is 0 Å². The number of benzene rings is 2. The van der Waals surface area contributed by atoms with E-state index < -0.39 is 11.8 Å². The standard InChI is InChI=1S/C27H32N4O3/c32-26(28-15-7-11-22-9-3-1-4-10-22)27(33)29-21-24(25-14-8-20-34-25)31-18-16-30(17-19-31)23-12-5-2-6-13-23/h1-6,8-10,12-14,20,24H,7,11,15-19,21H2,(H,28,32)(H,29,33). The van der Waals surface area contributed by atoms with Gasteiger partial charge >= 0.3 is 11.8 Å². The molecule has 0 aliphatic carbocycles. The van der Waals surface area contributed by atoms with Gasteiger partial charge in [0.1, 0.15) is 5.76 Å². The second kappa shape index (κ2) is 12.0. The van der Waals surface area contributed by atoms with Crippen LogP contribution in [0.4, 0.5) is 5.69 Å². The maximum atomic E-state index is 12.4. The molecule has 7 nitrogen and oxygen atoms in total. The molecule has 4 rings (SSSR count). The minimum absolute atomic E-state index is 0.122. The first-order valence-electron chi connectivity index (χ1n) is 11.9. The lowest BCUT2D eigenvalue weighted by atomic mass is 10.1. The fourth-order valence-corrected chi connectivity index (χ4v) is 4.31. The van der Waals surface area contributed by atoms with E-state index >= 15 is 0 Å². The molecule has 0 radical (unpaired) electrons. The number of nitrogens with one attached hydrogen (secondary N) is 2. The number of rotatable bonds is 9. The molecule has 2 amide bonds. The summed E-state index contributed by atoms with van der Waals surface area (Å²) in [5, 5.41) is 5.52. The summed E-state index contributed by atoms with van der Waals surface area (Å²) in [6, 6.07) is 24.1. The summed E-state index contributed by atoms with van der Waals surface area (Å²) in [7, 11) is 0. The van der Waals surface area contributed by atoms with Gasteiger partial charge in [-0.3, -0.25) is 14.5 Å². The first-order valence-corrected chi connectivity index (χ1v) is 11.9. The van der Waals surface area contributed by atoms with Crippen LogP contribution in [0.5, 0.6) is 0 Å². The fraction of sp³-hybridized carbons (Fsp3) is 0.333. The molecule has 0 bridgehead atoms. The number of hydrogen-bond acceptors (Lipinski definition) is 5. The fourth-order valence-electron chi connectivity index (χ4n) is 4.31. The van der Waals surface area contributed by atoms with Crippen molar-refractivity contribution in [3.05, 3.63) is 90.4 Å². The van der Waals surface area contributed by atoms with E-state index in [0.717, 1.165) is 44.8 Å². The number of piperazine rings is 1. The largest absolute Gasteiger partial charge is 0.468 e. The van der Waals surface area contributed by atoms with Gasteiger partial charge in [0.05, 0.1) is 12.3 Å². The number of carbonyl (C=O) groups excluding carboxylic acids is 2. The van der Waals surface area contributed by atoms with Gasteiger partial charge in [-0.2, -0.15) is 0 Å². The Bertz CT molecular complexity index is 1020. The van der Waals surface area contributed by atoms with Gasteiger partial charge in [-0.1, -0.05) is 48.5 Å². The van der Waals surface area contributed by atoms with E-state index in [0.29, 0.717) is 13.1 Å². The Balaban J connectivity index is 1.25. The van der Waals surface area contributed by atoms with E-state index in [1.54, 1.807) is 6.26 Å². The van der Waals surface area contributed by atoms with Crippen LogP contribution in [0.1, 0.15) is 23.8 Å². The van der Waals surface area contributed by atoms with Gasteiger partial charge in [-0.15, -0.1) is 0 Å². The van der Waals surface area contributed by atoms with Crippen molar-refractivity contribution in [1.29, 1.82) is 0 Å². The predicted molar refractivity (Wildman–Crippen MR) is 132 cm³/mol. The maximum Gasteiger partial charge on any atom is 0.309 e. The van der Waals surface area contributed by atoms with Gasteiger partial charge in [0.15, 0.2) is 0 Å². The summed E-state index contributed by atoms with van der Waals surface area (Å²) in [5.74, 6) is -0.420. The highest BCUT2D eigenvalue weighted by atomic mass is 16.3. The molecular formula is C27H32N4O3. The van der Waals surface area contributed by atoms with Crippen molar-refractivity contribution in [1.82, 2.24) is 15.5 Å². The normalized spacial score (nSPS) is 15.0. The predicted octanol–water partition coefficient (Wildman–Crippen LogP) is 3.01. The zero-order valence-corrected chi connectivity index (χ0v) is 19.4. The highest BCUT2D eigenvalue weighted by molar-refractivity contribution is 6.35. The monoisotopic (exact) mass is 460 g/mol. The van der Waals surface area contributed by atoms with Crippen molar-refractivity contribution in [3.63, 3.8) is 0 Å². The molecule has 1 atom stereocenters. The Morgan fingerprint density at radius 2 is 1.50 bits per heavy atom. The number of amides is 2. The van der Waals surface area contributed by atoms with Crippen molar-refractivity contribution >= 4 is 17.5 Å². The van der Waals surface area contributed by atoms with E-state index in [-0.39, 0.29) is 6.04 Å². The van der Waals surface area contributed by atoms with Crippen LogP contribution in [0.25, 0.3) is 0 Å². The first kappa shape index (κ1) is 23.6. The maximum absolute atomic E-state index is 12.4. The van der Waals surface area contributed by atoms with Gasteiger partial charge in [0.2, 0.25) is 0 Å². The lowest BCUT2D eigenvalue weighted by molar-refractivity contribution is -0.139. The van der Waals surface area contributed by atoms with Crippen LogP contribution in [0.3, 0.4) is 0 Å². The highest BCUT2D eigenvalue weighted by Gasteiger charge is 2.28. The summed E-state index contributed by atoms with van der Waals surface area (Å²) in [6.07, 6.45) is 3.28. The van der Waals surface area contributed by atoms with Gasteiger partial charge in [-0.25, -0.2) is 0 Å². The molecule has 1 unspecified atom stereocenters. The van der Waals surface area contributed by atoms with Crippen LogP contribution in [-0.4, -0.2) is 56.0 Å². The molecule has 178 valence electrons. The van der Waals surface area contributed by atoms with Crippen LogP contribution < -0.4 is 15.5 Å². The zero-order valence-electron chi connectivity index (χ0n) is 19.4. The molecule has 1 saturated heterocycles. The van der Waals surface area contributed by atoms with Crippen molar-refractivity contribution in [2.45, 2.75) is 18.9 Å². The molecule has 1 aliphatic heterocycles. The number of carbonyl (C=O) groups is 2. The number of furan rings is 1. The highest BCUT2D eigenvalue weighted by Crippen LogP contribution is 2.24. The van der Waals surface area contributed by atoms with Crippen molar-refractivity contribution in [3.8, 4) is 0 Å². The number of aryl methyl sites for hydroxylation is 1. The quantitative estimate of drug-likeness (QED) is 0.379. The molecule has 2 N–H and O–H groups in total. The van der Waals surface area contributed by atoms with Crippen LogP contribution >= 0.6 is 0 Å². The third kappa shape index (κ3) is 6.48. The SMILES string of the molecule is O=C(NCCCc1ccccc1)C(=O)NCC(c1ccco1)N1CCN(c2ccccc2)CC1. The smallest absolute Gasteiger partial charge is 0.309 e. The molecule has 34 heavy (non-hydrogen) atoms. The molecule has 3 aromatic rings. The number of hydrogen-bond donors (Lipinski definition) is 2. The lowest BCUT2D eigenvalue weighted by Gasteiger charge is -2.39. The van der Waals surface area contributed by atoms with Crippen LogP contribution in [0.15, 0.2) is 83.5 Å². The van der Waals surface area contributed by atoms with E-state index in [9.17, 15) is 9.59 Å². The second-order valence-corrected chi connectivity index (χ2v) is 8.44. The molecule has 0 saturated carbocycles. The zero-order chi connectivity index (χ0) is 23.6. The minimum Gasteiger partial charge on any atom is -0.468 e. The molecule has 1 fully saturated rings. The number of nitrogens with zero attached hydrogens (tertiary/aromatic N) is 2. The minimum atomic E-state index is -0.612. The molecule has 7 heteroatoms. The van der Waals surface area contributed by atoms with Crippen molar-refractivity contribution in [2.75, 3.05) is 44.2 Å². The van der Waals surface area contributed by atoms with Gasteiger partial charge in [0, 0.05) is 45.0 Å². The molecule has 1 aromatic heterocycles. The van der Waals surface area contributed by atoms with Crippen LogP contribution in [0.2, 0.25) is 0 Å². The molecule has 1 aliphatic rings. The Morgan fingerprint density at radius 1 is 0.824 bits per heavy atom. The number of para-hydroxylation sites is 1. The van der Waals surface area contributed by atoms with Crippen molar-refractivity contribution < 1.29 is 14.0 Å². The Hall–Kier alpha value is -3.58. The lowest BCUT2D eigenvalue weighted by Crippen LogP contribution is -2.50. The van der Waals surface area contributed by atoms with Gasteiger partial charge in [-0.05, 0) is 42.7 Å². The van der Waals surface area contributed by atoms with Gasteiger partial charge < -0.3 is 20.0 Å².